The van der Waals surface area contributed by atoms with E-state index in [9.17, 15) is 9.59 Å². The van der Waals surface area contributed by atoms with Crippen molar-refractivity contribution in [1.29, 1.82) is 0 Å². The number of esters is 1. The molecule has 206 valence electrons. The van der Waals surface area contributed by atoms with E-state index >= 15 is 0 Å². The van der Waals surface area contributed by atoms with Gasteiger partial charge in [-0.05, 0) is 84.0 Å². The summed E-state index contributed by atoms with van der Waals surface area (Å²) >= 11 is 3.39. The molecule has 1 fully saturated rings. The second-order valence-electron chi connectivity index (χ2n) is 9.85. The van der Waals surface area contributed by atoms with Gasteiger partial charge in [0.25, 0.3) is 5.91 Å². The van der Waals surface area contributed by atoms with Gasteiger partial charge in [-0.25, -0.2) is 5.01 Å². The summed E-state index contributed by atoms with van der Waals surface area (Å²) in [5.41, 5.74) is 4.86. The first-order valence-electron chi connectivity index (χ1n) is 13.2. The fourth-order valence-corrected chi connectivity index (χ4v) is 5.54. The Morgan fingerprint density at radius 1 is 0.950 bits per heavy atom. The lowest BCUT2D eigenvalue weighted by atomic mass is 9.77. The Morgan fingerprint density at radius 3 is 2.25 bits per heavy atom. The number of allylic oxidation sites excluding steroid dienone is 1. The number of nitrogens with zero attached hydrogens (tertiary/aromatic N) is 2. The van der Waals surface area contributed by atoms with Crippen LogP contribution < -0.4 is 9.47 Å². The lowest BCUT2D eigenvalue weighted by molar-refractivity contribution is -0.152. The summed E-state index contributed by atoms with van der Waals surface area (Å²) in [5, 5.41) is 6.39. The van der Waals surface area contributed by atoms with Gasteiger partial charge in [-0.3, -0.25) is 9.59 Å². The molecule has 7 nitrogen and oxygen atoms in total. The van der Waals surface area contributed by atoms with Crippen molar-refractivity contribution in [3.05, 3.63) is 99.5 Å². The van der Waals surface area contributed by atoms with Crippen LogP contribution in [0.25, 0.3) is 6.08 Å². The number of carbonyl (C=O) groups is 2. The van der Waals surface area contributed by atoms with E-state index in [0.29, 0.717) is 0 Å². The molecule has 1 aliphatic carbocycles. The molecule has 2 atom stereocenters. The summed E-state index contributed by atoms with van der Waals surface area (Å²) < 4.78 is 17.0. The number of fused-ring (bicyclic) bond motifs is 1. The number of rotatable bonds is 8. The number of carbonyl (C=O) groups excluding carboxylic acids is 2. The van der Waals surface area contributed by atoms with Crippen LogP contribution in [0.3, 0.4) is 0 Å². The first kappa shape index (κ1) is 27.6. The van der Waals surface area contributed by atoms with Crippen molar-refractivity contribution in [2.45, 2.75) is 31.7 Å². The third-order valence-corrected chi connectivity index (χ3v) is 7.82. The molecule has 8 heteroatoms. The molecule has 0 bridgehead atoms. The Hall–Kier alpha value is -3.91. The van der Waals surface area contributed by atoms with Gasteiger partial charge in [-0.1, -0.05) is 52.3 Å². The Morgan fingerprint density at radius 2 is 1.60 bits per heavy atom. The van der Waals surface area contributed by atoms with E-state index in [-0.39, 0.29) is 30.9 Å². The molecule has 3 aromatic carbocycles. The van der Waals surface area contributed by atoms with Gasteiger partial charge < -0.3 is 14.2 Å². The Bertz CT molecular complexity index is 1420. The maximum absolute atomic E-state index is 13.5. The molecule has 1 amide bonds. The molecule has 0 radical (unpaired) electrons. The van der Waals surface area contributed by atoms with E-state index in [2.05, 4.69) is 22.0 Å². The molecule has 5 rings (SSSR count). The van der Waals surface area contributed by atoms with E-state index < -0.39 is 5.97 Å². The number of benzene rings is 3. The molecule has 0 N–H and O–H groups in total. The zero-order valence-electron chi connectivity index (χ0n) is 22.5. The van der Waals surface area contributed by atoms with Crippen molar-refractivity contribution in [2.24, 2.45) is 11.0 Å². The molecule has 3 aromatic rings. The first-order chi connectivity index (χ1) is 19.4. The van der Waals surface area contributed by atoms with Crippen LogP contribution in [0, 0.1) is 5.92 Å². The number of hydrazone groups is 1. The lowest BCUT2D eigenvalue weighted by Gasteiger charge is -2.29. The van der Waals surface area contributed by atoms with Crippen molar-refractivity contribution < 1.29 is 23.8 Å². The number of ether oxygens (including phenoxy) is 3. The van der Waals surface area contributed by atoms with E-state index in [4.69, 9.17) is 19.3 Å². The normalized spacial score (nSPS) is 19.1. The number of hydrogen-bond donors (Lipinski definition) is 0. The average molecular weight is 604 g/mol. The van der Waals surface area contributed by atoms with Crippen molar-refractivity contribution in [3.63, 3.8) is 0 Å². The highest BCUT2D eigenvalue weighted by molar-refractivity contribution is 9.10. The van der Waals surface area contributed by atoms with Crippen LogP contribution in [-0.2, 0) is 20.7 Å². The van der Waals surface area contributed by atoms with E-state index in [1.807, 2.05) is 72.8 Å². The number of halogens is 1. The third-order valence-electron chi connectivity index (χ3n) is 7.29. The molecule has 2 aliphatic rings. The monoisotopic (exact) mass is 602 g/mol. The molecule has 1 aliphatic heterocycles. The minimum atomic E-state index is -0.457. The fraction of sp³-hybridized carbons (Fsp3) is 0.281. The van der Waals surface area contributed by atoms with Crippen LogP contribution >= 0.6 is 15.9 Å². The van der Waals surface area contributed by atoms with Crippen LogP contribution in [-0.4, -0.2) is 43.4 Å². The maximum atomic E-state index is 13.5. The predicted octanol–water partition coefficient (Wildman–Crippen LogP) is 6.38. The largest absolute Gasteiger partial charge is 0.497 e. The molecule has 0 saturated heterocycles. The van der Waals surface area contributed by atoms with Crippen molar-refractivity contribution in [3.8, 4) is 11.5 Å². The second-order valence-corrected chi connectivity index (χ2v) is 10.8. The maximum Gasteiger partial charge on any atom is 0.310 e. The summed E-state index contributed by atoms with van der Waals surface area (Å²) in [6.07, 6.45) is 5.00. The van der Waals surface area contributed by atoms with Gasteiger partial charge in [0.2, 0.25) is 0 Å². The first-order valence-corrected chi connectivity index (χ1v) is 14.0. The van der Waals surface area contributed by atoms with Crippen LogP contribution in [0.5, 0.6) is 11.5 Å². The van der Waals surface area contributed by atoms with Crippen LogP contribution in [0.15, 0.2) is 87.9 Å². The summed E-state index contributed by atoms with van der Waals surface area (Å²) in [7, 11) is 3.27. The van der Waals surface area contributed by atoms with Gasteiger partial charge in [0.15, 0.2) is 6.61 Å². The minimum absolute atomic E-state index is 0.0362. The number of hydrogen-bond acceptors (Lipinski definition) is 6. The summed E-state index contributed by atoms with van der Waals surface area (Å²) in [4.78, 5) is 26.0. The van der Waals surface area contributed by atoms with E-state index in [1.165, 1.54) is 5.01 Å². The van der Waals surface area contributed by atoms with Crippen molar-refractivity contribution in [1.82, 2.24) is 5.01 Å². The van der Waals surface area contributed by atoms with Crippen LogP contribution in [0.4, 0.5) is 0 Å². The summed E-state index contributed by atoms with van der Waals surface area (Å²) in [6.45, 7) is -0.372. The van der Waals surface area contributed by atoms with Gasteiger partial charge in [0, 0.05) is 10.4 Å². The molecule has 1 heterocycles. The van der Waals surface area contributed by atoms with Crippen LogP contribution in [0.2, 0.25) is 0 Å². The third kappa shape index (κ3) is 6.28. The van der Waals surface area contributed by atoms with Gasteiger partial charge in [0.05, 0.1) is 32.4 Å². The highest BCUT2D eigenvalue weighted by Crippen LogP contribution is 2.44. The van der Waals surface area contributed by atoms with E-state index in [0.717, 1.165) is 63.2 Å². The Balaban J connectivity index is 1.38. The van der Waals surface area contributed by atoms with Gasteiger partial charge in [-0.15, -0.1) is 0 Å². The fourth-order valence-electron chi connectivity index (χ4n) is 5.27. The highest BCUT2D eigenvalue weighted by atomic mass is 79.9. The predicted molar refractivity (Wildman–Crippen MR) is 157 cm³/mol. The van der Waals surface area contributed by atoms with Gasteiger partial charge in [0.1, 0.15) is 11.5 Å². The second kappa shape index (κ2) is 12.5. The molecule has 0 aromatic heterocycles. The Kier molecular flexibility index (Phi) is 8.65. The lowest BCUT2D eigenvalue weighted by Crippen LogP contribution is -2.34. The van der Waals surface area contributed by atoms with Crippen LogP contribution in [0.1, 0.15) is 42.0 Å². The number of amides is 1. The average Bonchev–Trinajstić information content (AvgIpc) is 3.38. The zero-order chi connectivity index (χ0) is 28.1. The topological polar surface area (TPSA) is 77.4 Å². The molecular weight excluding hydrogens is 572 g/mol. The van der Waals surface area contributed by atoms with Crippen molar-refractivity contribution >= 4 is 39.6 Å². The minimum Gasteiger partial charge on any atom is -0.497 e. The van der Waals surface area contributed by atoms with Gasteiger partial charge in [-0.2, -0.15) is 5.10 Å². The molecule has 0 spiro atoms. The Labute approximate surface area is 242 Å². The molecule has 1 saturated carbocycles. The molecule has 40 heavy (non-hydrogen) atoms. The molecular formula is C32H31BrN2O5. The summed E-state index contributed by atoms with van der Waals surface area (Å²) in [5.74, 6) is 0.769. The standard InChI is InChI=1S/C32H31BrN2O5/c1-38-26-14-8-21(9-15-26)18-24-4-3-5-28-31(24)34-35(32(28)23-10-16-27(39-2)17-11-23)29(36)20-40-30(37)19-22-6-12-25(33)13-7-22/h6-18,28,32H,3-5,19-20H2,1-2H3. The van der Waals surface area contributed by atoms with Crippen molar-refractivity contribution in [2.75, 3.05) is 20.8 Å². The highest BCUT2D eigenvalue weighted by Gasteiger charge is 2.43. The zero-order valence-corrected chi connectivity index (χ0v) is 24.1. The van der Waals surface area contributed by atoms with E-state index in [1.54, 1.807) is 14.2 Å². The smallest absolute Gasteiger partial charge is 0.310 e. The summed E-state index contributed by atoms with van der Waals surface area (Å²) in [6, 6.07) is 22.8. The molecule has 2 unspecified atom stereocenters. The quantitative estimate of drug-likeness (QED) is 0.280. The number of methoxy groups -OCH3 is 2. The SMILES string of the molecule is COc1ccc(C=C2CCCC3C2=NN(C(=O)COC(=O)Cc2ccc(Br)cc2)C3c2ccc(OC)cc2)cc1. The van der Waals surface area contributed by atoms with Gasteiger partial charge >= 0.3 is 5.97 Å².